The first-order chi connectivity index (χ1) is 9.29. The highest BCUT2D eigenvalue weighted by molar-refractivity contribution is 5.21. The Bertz CT molecular complexity index is 361. The predicted molar refractivity (Wildman–Crippen MR) is 75.4 cm³/mol. The molecule has 1 aliphatic heterocycles. The van der Waals surface area contributed by atoms with E-state index in [0.29, 0.717) is 6.61 Å². The summed E-state index contributed by atoms with van der Waals surface area (Å²) in [6, 6.07) is 4.30. The van der Waals surface area contributed by atoms with Crippen LogP contribution in [0.4, 0.5) is 0 Å². The van der Waals surface area contributed by atoms with Gasteiger partial charge in [-0.1, -0.05) is 6.92 Å². The van der Waals surface area contributed by atoms with Crippen LogP contribution in [0.3, 0.4) is 0 Å². The van der Waals surface area contributed by atoms with Crippen molar-refractivity contribution in [2.45, 2.75) is 45.3 Å². The van der Waals surface area contributed by atoms with Crippen LogP contribution in [0.1, 0.15) is 44.8 Å². The molecule has 0 bridgehead atoms. The van der Waals surface area contributed by atoms with E-state index < -0.39 is 0 Å². The van der Waals surface area contributed by atoms with E-state index in [9.17, 15) is 0 Å². The van der Waals surface area contributed by atoms with Crippen molar-refractivity contribution >= 4 is 0 Å². The summed E-state index contributed by atoms with van der Waals surface area (Å²) in [6.07, 6.45) is 5.43. The SMILES string of the molecule is CCCNC(C)c1ccc(OCC2CCCO2)cn1. The Balaban J connectivity index is 1.80. The van der Waals surface area contributed by atoms with Crippen molar-refractivity contribution in [1.82, 2.24) is 10.3 Å². The van der Waals surface area contributed by atoms with Crippen molar-refractivity contribution in [3.63, 3.8) is 0 Å². The van der Waals surface area contributed by atoms with Crippen molar-refractivity contribution in [3.05, 3.63) is 24.0 Å². The summed E-state index contributed by atoms with van der Waals surface area (Å²) in [5.74, 6) is 0.821. The molecule has 0 amide bonds. The van der Waals surface area contributed by atoms with Crippen molar-refractivity contribution in [2.75, 3.05) is 19.8 Å². The van der Waals surface area contributed by atoms with E-state index in [0.717, 1.165) is 43.9 Å². The van der Waals surface area contributed by atoms with E-state index in [1.807, 2.05) is 12.1 Å². The van der Waals surface area contributed by atoms with Gasteiger partial charge in [0.05, 0.1) is 18.0 Å². The van der Waals surface area contributed by atoms with Crippen LogP contribution < -0.4 is 10.1 Å². The molecule has 2 heterocycles. The maximum Gasteiger partial charge on any atom is 0.137 e. The molecule has 1 fully saturated rings. The van der Waals surface area contributed by atoms with Gasteiger partial charge in [0.15, 0.2) is 0 Å². The number of nitrogens with zero attached hydrogens (tertiary/aromatic N) is 1. The molecule has 106 valence electrons. The number of hydrogen-bond donors (Lipinski definition) is 1. The van der Waals surface area contributed by atoms with E-state index in [4.69, 9.17) is 9.47 Å². The minimum atomic E-state index is 0.254. The third-order valence-electron chi connectivity index (χ3n) is 3.36. The Hall–Kier alpha value is -1.13. The molecule has 0 spiro atoms. The lowest BCUT2D eigenvalue weighted by Gasteiger charge is -2.14. The fourth-order valence-corrected chi connectivity index (χ4v) is 2.16. The van der Waals surface area contributed by atoms with Crippen LogP contribution in [-0.4, -0.2) is 30.8 Å². The molecular formula is C15H24N2O2. The van der Waals surface area contributed by atoms with Gasteiger partial charge in [-0.25, -0.2) is 0 Å². The molecule has 4 nitrogen and oxygen atoms in total. The molecule has 4 heteroatoms. The van der Waals surface area contributed by atoms with Crippen LogP contribution >= 0.6 is 0 Å². The summed E-state index contributed by atoms with van der Waals surface area (Å²) in [6.45, 7) is 6.80. The maximum absolute atomic E-state index is 5.70. The summed E-state index contributed by atoms with van der Waals surface area (Å²) >= 11 is 0. The topological polar surface area (TPSA) is 43.4 Å². The Kier molecular flexibility index (Phi) is 5.61. The van der Waals surface area contributed by atoms with Crippen LogP contribution in [-0.2, 0) is 4.74 Å². The largest absolute Gasteiger partial charge is 0.489 e. The highest BCUT2D eigenvalue weighted by Gasteiger charge is 2.16. The highest BCUT2D eigenvalue weighted by Crippen LogP contribution is 2.17. The first-order valence-electron chi connectivity index (χ1n) is 7.23. The molecule has 0 aromatic carbocycles. The molecule has 0 saturated carbocycles. The van der Waals surface area contributed by atoms with Crippen LogP contribution in [0.2, 0.25) is 0 Å². The monoisotopic (exact) mass is 264 g/mol. The van der Waals surface area contributed by atoms with E-state index in [1.54, 1.807) is 6.20 Å². The maximum atomic E-state index is 5.70. The molecular weight excluding hydrogens is 240 g/mol. The first kappa shape index (κ1) is 14.3. The summed E-state index contributed by atoms with van der Waals surface area (Å²) < 4.78 is 11.2. The van der Waals surface area contributed by atoms with Gasteiger partial charge in [0.1, 0.15) is 12.4 Å². The summed E-state index contributed by atoms with van der Waals surface area (Å²) in [5.41, 5.74) is 1.05. The average Bonchev–Trinajstić information content (AvgIpc) is 2.96. The van der Waals surface area contributed by atoms with Crippen molar-refractivity contribution in [1.29, 1.82) is 0 Å². The first-order valence-corrected chi connectivity index (χ1v) is 7.23. The predicted octanol–water partition coefficient (Wildman–Crippen LogP) is 2.70. The molecule has 1 saturated heterocycles. The molecule has 1 aromatic heterocycles. The number of hydrogen-bond acceptors (Lipinski definition) is 4. The van der Waals surface area contributed by atoms with Gasteiger partial charge in [0.2, 0.25) is 0 Å². The Morgan fingerprint density at radius 3 is 3.05 bits per heavy atom. The fourth-order valence-electron chi connectivity index (χ4n) is 2.16. The summed E-state index contributed by atoms with van der Waals surface area (Å²) in [5, 5.41) is 3.42. The minimum Gasteiger partial charge on any atom is -0.489 e. The standard InChI is InChI=1S/C15H24N2O2/c1-3-8-16-12(2)15-7-6-13(10-17-15)19-11-14-5-4-9-18-14/h6-7,10,12,14,16H,3-5,8-9,11H2,1-2H3. The van der Waals surface area contributed by atoms with Crippen LogP contribution in [0.5, 0.6) is 5.75 Å². The minimum absolute atomic E-state index is 0.254. The van der Waals surface area contributed by atoms with Gasteiger partial charge in [0, 0.05) is 12.6 Å². The second kappa shape index (κ2) is 7.46. The van der Waals surface area contributed by atoms with E-state index in [1.165, 1.54) is 0 Å². The molecule has 1 aliphatic rings. The molecule has 1 N–H and O–H groups in total. The number of rotatable bonds is 7. The van der Waals surface area contributed by atoms with Crippen molar-refractivity contribution in [3.8, 4) is 5.75 Å². The number of ether oxygens (including phenoxy) is 2. The van der Waals surface area contributed by atoms with Crippen molar-refractivity contribution < 1.29 is 9.47 Å². The van der Waals surface area contributed by atoms with Gasteiger partial charge in [-0.3, -0.25) is 4.98 Å². The molecule has 0 radical (unpaired) electrons. The zero-order chi connectivity index (χ0) is 13.5. The lowest BCUT2D eigenvalue weighted by Crippen LogP contribution is -2.20. The number of pyridine rings is 1. The Labute approximate surface area is 115 Å². The number of aromatic nitrogens is 1. The van der Waals surface area contributed by atoms with Crippen LogP contribution in [0.25, 0.3) is 0 Å². The third kappa shape index (κ3) is 4.48. The molecule has 2 rings (SSSR count). The molecule has 19 heavy (non-hydrogen) atoms. The second-order valence-electron chi connectivity index (χ2n) is 5.04. The fraction of sp³-hybridized carbons (Fsp3) is 0.667. The normalized spacial score (nSPS) is 20.4. The van der Waals surface area contributed by atoms with Gasteiger partial charge >= 0.3 is 0 Å². The van der Waals surface area contributed by atoms with E-state index in [2.05, 4.69) is 24.1 Å². The van der Waals surface area contributed by atoms with Crippen LogP contribution in [0, 0.1) is 0 Å². The second-order valence-corrected chi connectivity index (χ2v) is 5.04. The average molecular weight is 264 g/mol. The van der Waals surface area contributed by atoms with Gasteiger partial charge in [0.25, 0.3) is 0 Å². The highest BCUT2D eigenvalue weighted by atomic mass is 16.5. The Morgan fingerprint density at radius 2 is 2.42 bits per heavy atom. The third-order valence-corrected chi connectivity index (χ3v) is 3.36. The number of nitrogens with one attached hydrogen (secondary N) is 1. The lowest BCUT2D eigenvalue weighted by molar-refractivity contribution is 0.0678. The summed E-state index contributed by atoms with van der Waals surface area (Å²) in [7, 11) is 0. The van der Waals surface area contributed by atoms with Gasteiger partial charge in [-0.05, 0) is 44.9 Å². The molecule has 2 unspecified atom stereocenters. The van der Waals surface area contributed by atoms with E-state index in [-0.39, 0.29) is 12.1 Å². The van der Waals surface area contributed by atoms with Gasteiger partial charge < -0.3 is 14.8 Å². The van der Waals surface area contributed by atoms with Crippen LogP contribution in [0.15, 0.2) is 18.3 Å². The van der Waals surface area contributed by atoms with Gasteiger partial charge in [-0.15, -0.1) is 0 Å². The van der Waals surface area contributed by atoms with Gasteiger partial charge in [-0.2, -0.15) is 0 Å². The molecule has 2 atom stereocenters. The zero-order valence-electron chi connectivity index (χ0n) is 11.9. The Morgan fingerprint density at radius 1 is 1.53 bits per heavy atom. The quantitative estimate of drug-likeness (QED) is 0.822. The summed E-state index contributed by atoms with van der Waals surface area (Å²) in [4.78, 5) is 4.45. The van der Waals surface area contributed by atoms with Crippen molar-refractivity contribution in [2.24, 2.45) is 0 Å². The zero-order valence-corrected chi connectivity index (χ0v) is 11.9. The smallest absolute Gasteiger partial charge is 0.137 e. The molecule has 0 aliphatic carbocycles. The lowest BCUT2D eigenvalue weighted by atomic mass is 10.2. The van der Waals surface area contributed by atoms with E-state index >= 15 is 0 Å². The molecule has 1 aromatic rings.